The Balaban J connectivity index is 0.000000137. The molecule has 0 aliphatic heterocycles. The number of nitrogens with zero attached hydrogens (tertiary/aromatic N) is 11. The Kier molecular flexibility index (Phi) is 16.7. The van der Waals surface area contributed by atoms with Crippen LogP contribution in [0.4, 0.5) is 0 Å². The summed E-state index contributed by atoms with van der Waals surface area (Å²) < 4.78 is 14.7. The van der Waals surface area contributed by atoms with Crippen molar-refractivity contribution in [2.75, 3.05) is 0 Å². The van der Waals surface area contributed by atoms with E-state index < -0.39 is 0 Å². The lowest BCUT2D eigenvalue weighted by Gasteiger charge is -2.13. The minimum absolute atomic E-state index is 0.631. The van der Waals surface area contributed by atoms with Crippen molar-refractivity contribution in [3.63, 3.8) is 0 Å². The lowest BCUT2D eigenvalue weighted by molar-refractivity contribution is 1.07. The van der Waals surface area contributed by atoms with Gasteiger partial charge in [-0.25, -0.2) is 24.9 Å². The summed E-state index contributed by atoms with van der Waals surface area (Å²) in [6.07, 6.45) is 0. The monoisotopic (exact) mass is 1610 g/mol. The predicted molar refractivity (Wildman–Crippen MR) is 521 cm³/mol. The molecule has 11 nitrogen and oxygen atoms in total. The van der Waals surface area contributed by atoms with Crippen LogP contribution in [0.1, 0.15) is 0 Å². The highest BCUT2D eigenvalue weighted by atomic mass is 15.1. The molecule has 0 fully saturated rings. The summed E-state index contributed by atoms with van der Waals surface area (Å²) >= 11 is 0. The number of aromatic nitrogens is 11. The molecular weight excluding hydrogens is 1540 g/mol. The smallest absolute Gasteiger partial charge is 0.164 e. The van der Waals surface area contributed by atoms with Crippen LogP contribution < -0.4 is 0 Å². The van der Waals surface area contributed by atoms with Crippen molar-refractivity contribution < 1.29 is 0 Å². The Morgan fingerprint density at radius 3 is 0.675 bits per heavy atom. The predicted octanol–water partition coefficient (Wildman–Crippen LogP) is 28.9. The van der Waals surface area contributed by atoms with Crippen LogP contribution in [0, 0.1) is 0 Å². The molecule has 11 heteroatoms. The highest BCUT2D eigenvalue weighted by Gasteiger charge is 2.28. The summed E-state index contributed by atoms with van der Waals surface area (Å²) in [5.41, 5.74) is 28.4. The number of benzene rings is 18. The number of fused-ring (bicyclic) bond motifs is 20. The molecule has 0 bridgehead atoms. The second-order valence-corrected chi connectivity index (χ2v) is 32.2. The van der Waals surface area contributed by atoms with Gasteiger partial charge in [0, 0.05) is 132 Å². The number of rotatable bonds is 12. The third kappa shape index (κ3) is 11.6. The Hall–Kier alpha value is -17.2. The van der Waals surface area contributed by atoms with Crippen LogP contribution in [-0.4, -0.2) is 52.3 Å². The van der Waals surface area contributed by atoms with E-state index in [9.17, 15) is 0 Å². The molecule has 0 spiro atoms. The van der Waals surface area contributed by atoms with E-state index in [4.69, 9.17) is 24.9 Å². The first-order valence-corrected chi connectivity index (χ1v) is 42.7. The molecule has 8 aromatic heterocycles. The van der Waals surface area contributed by atoms with Gasteiger partial charge in [0.05, 0.1) is 77.6 Å². The standard InChI is InChI=1S/C58H37N5.C57H36N6/c1-5-17-38(18-6-1)50-37-51(60-58(59-50)40-19-7-2-8-20-40)39-29-31-43(32-30-39)62-53-28-16-13-25-44(53)46-33-34-47-49-36-54-48(35-55(49)63(57(47)56(46)62)42-23-11-4-12-24-42)45-26-14-15-27-52(45)61(54)41-21-9-3-10-22-41;1-5-17-37(18-6-1)55-58-56(38-19-7-2-8-20-38)60-57(59-55)39-29-31-42(32-30-39)61-49-27-15-14-26-44(49)47-35-52-48(36-51(47)61)46-34-33-45-43-25-13-16-28-50(43)62(40-21-9-3-10-22-40)53(45)54(46)63(52)41-23-11-4-12-24-41/h1-37H;1-36H. The molecule has 0 aliphatic rings. The maximum absolute atomic E-state index is 5.14. The second-order valence-electron chi connectivity index (χ2n) is 32.2. The SMILES string of the molecule is c1ccc(-c2cc(-c3ccc(-n4c5ccccc5c5ccc6c7cc8c(cc7n(-c7ccccc7)c6c54)c4ccccc4n8-c4ccccc4)cc3)nc(-c3ccccc3)n2)cc1.c1ccc(-c2nc(-c3ccccc3)nc(-c3ccc(-n4c5ccccc5c5cc6c(cc54)c4ccc5c7ccccc7n(-c7ccccc7)c5c4n6-c4ccccc4)cc3)n2)cc1. The molecule has 0 unspecified atom stereocenters. The van der Waals surface area contributed by atoms with Crippen LogP contribution in [0.5, 0.6) is 0 Å². The van der Waals surface area contributed by atoms with Crippen LogP contribution in [0.3, 0.4) is 0 Å². The third-order valence-electron chi connectivity index (χ3n) is 25.1. The lowest BCUT2D eigenvalue weighted by Crippen LogP contribution is -2.00. The van der Waals surface area contributed by atoms with E-state index in [0.717, 1.165) is 101 Å². The lowest BCUT2D eigenvalue weighted by atomic mass is 10.1. The first-order valence-electron chi connectivity index (χ1n) is 42.7. The number of hydrogen-bond donors (Lipinski definition) is 0. The molecule has 0 amide bonds. The molecule has 26 rings (SSSR count). The van der Waals surface area contributed by atoms with Gasteiger partial charge in [-0.2, -0.15) is 0 Å². The zero-order chi connectivity index (χ0) is 82.9. The summed E-state index contributed by atoms with van der Waals surface area (Å²) in [5.74, 6) is 2.62. The van der Waals surface area contributed by atoms with Crippen molar-refractivity contribution >= 4 is 131 Å². The Labute approximate surface area is 723 Å². The maximum atomic E-state index is 5.14. The minimum atomic E-state index is 0.631. The van der Waals surface area contributed by atoms with Crippen LogP contribution in [0.25, 0.3) is 233 Å². The van der Waals surface area contributed by atoms with Crippen molar-refractivity contribution in [3.05, 3.63) is 443 Å². The van der Waals surface area contributed by atoms with E-state index in [1.807, 2.05) is 84.9 Å². The van der Waals surface area contributed by atoms with E-state index >= 15 is 0 Å². The zero-order valence-electron chi connectivity index (χ0n) is 68.1. The molecule has 8 heterocycles. The van der Waals surface area contributed by atoms with Crippen molar-refractivity contribution in [1.29, 1.82) is 0 Å². The highest BCUT2D eigenvalue weighted by molar-refractivity contribution is 6.28. The van der Waals surface area contributed by atoms with Crippen LogP contribution in [-0.2, 0) is 0 Å². The summed E-state index contributed by atoms with van der Waals surface area (Å²) in [4.78, 5) is 25.1. The molecule has 0 N–H and O–H groups in total. The number of para-hydroxylation sites is 8. The van der Waals surface area contributed by atoms with E-state index in [2.05, 4.69) is 385 Å². The molecule has 18 aromatic carbocycles. The summed E-state index contributed by atoms with van der Waals surface area (Å²) in [6.45, 7) is 0. The van der Waals surface area contributed by atoms with Crippen molar-refractivity contribution in [1.82, 2.24) is 52.3 Å². The molecule has 26 aromatic rings. The van der Waals surface area contributed by atoms with E-state index in [1.54, 1.807) is 0 Å². The van der Waals surface area contributed by atoms with Gasteiger partial charge >= 0.3 is 0 Å². The fourth-order valence-electron chi connectivity index (χ4n) is 19.5. The number of hydrogen-bond acceptors (Lipinski definition) is 5. The summed E-state index contributed by atoms with van der Waals surface area (Å²) in [7, 11) is 0. The molecular formula is C115H73N11. The van der Waals surface area contributed by atoms with Gasteiger partial charge in [0.15, 0.2) is 23.3 Å². The van der Waals surface area contributed by atoms with Gasteiger partial charge in [-0.05, 0) is 140 Å². The fraction of sp³-hybridized carbons (Fsp3) is 0. The molecule has 0 radical (unpaired) electrons. The van der Waals surface area contributed by atoms with Gasteiger partial charge in [0.1, 0.15) is 0 Å². The van der Waals surface area contributed by atoms with E-state index in [1.165, 1.54) is 109 Å². The molecule has 0 atom stereocenters. The normalized spacial score (nSPS) is 11.8. The van der Waals surface area contributed by atoms with E-state index in [0.29, 0.717) is 23.3 Å². The van der Waals surface area contributed by atoms with Gasteiger partial charge < -0.3 is 27.4 Å². The Bertz CT molecular complexity index is 8650. The van der Waals surface area contributed by atoms with Gasteiger partial charge in [-0.1, -0.05) is 303 Å². The molecule has 0 aliphatic carbocycles. The molecule has 126 heavy (non-hydrogen) atoms. The minimum Gasteiger partial charge on any atom is -0.309 e. The summed E-state index contributed by atoms with van der Waals surface area (Å²) in [5, 5.41) is 14.6. The third-order valence-corrected chi connectivity index (χ3v) is 25.1. The Morgan fingerprint density at radius 1 is 0.127 bits per heavy atom. The second kappa shape index (κ2) is 29.3. The van der Waals surface area contributed by atoms with E-state index in [-0.39, 0.29) is 0 Å². The summed E-state index contributed by atoms with van der Waals surface area (Å²) in [6, 6.07) is 158. The van der Waals surface area contributed by atoms with Gasteiger partial charge in [0.25, 0.3) is 0 Å². The van der Waals surface area contributed by atoms with Crippen LogP contribution >= 0.6 is 0 Å². The van der Waals surface area contributed by atoms with Crippen LogP contribution in [0.2, 0.25) is 0 Å². The molecule has 0 saturated heterocycles. The van der Waals surface area contributed by atoms with Crippen molar-refractivity contribution in [3.8, 4) is 102 Å². The first-order chi connectivity index (χ1) is 62.5. The average Bonchev–Trinajstić information content (AvgIpc) is 1.54. The highest BCUT2D eigenvalue weighted by Crippen LogP contribution is 2.48. The van der Waals surface area contributed by atoms with Gasteiger partial charge in [-0.15, -0.1) is 0 Å². The Morgan fingerprint density at radius 2 is 0.333 bits per heavy atom. The molecule has 588 valence electrons. The first kappa shape index (κ1) is 71.7. The van der Waals surface area contributed by atoms with Crippen molar-refractivity contribution in [2.24, 2.45) is 0 Å². The van der Waals surface area contributed by atoms with Gasteiger partial charge in [-0.3, -0.25) is 0 Å². The van der Waals surface area contributed by atoms with Gasteiger partial charge in [0.2, 0.25) is 0 Å². The maximum Gasteiger partial charge on any atom is 0.164 e. The van der Waals surface area contributed by atoms with Crippen molar-refractivity contribution in [2.45, 2.75) is 0 Å². The van der Waals surface area contributed by atoms with Crippen LogP contribution in [0.15, 0.2) is 443 Å². The topological polar surface area (TPSA) is 94.0 Å². The quantitative estimate of drug-likeness (QED) is 0.121. The fourth-order valence-corrected chi connectivity index (χ4v) is 19.5. The largest absolute Gasteiger partial charge is 0.309 e. The molecule has 0 saturated carbocycles. The average molecular weight is 1610 g/mol. The zero-order valence-corrected chi connectivity index (χ0v) is 68.1.